The fraction of sp³-hybridized carbons (Fsp3) is 0.364. The van der Waals surface area contributed by atoms with Crippen molar-refractivity contribution < 1.29 is 9.90 Å². The highest BCUT2D eigenvalue weighted by Gasteiger charge is 2.17. The van der Waals surface area contributed by atoms with Crippen LogP contribution >= 0.6 is 0 Å². The van der Waals surface area contributed by atoms with Gasteiger partial charge in [0, 0.05) is 5.56 Å². The van der Waals surface area contributed by atoms with Crippen LogP contribution in [-0.4, -0.2) is 25.6 Å². The van der Waals surface area contributed by atoms with Gasteiger partial charge in [-0.2, -0.15) is 0 Å². The Kier molecular flexibility index (Phi) is 3.24. The van der Waals surface area contributed by atoms with Crippen LogP contribution in [0.15, 0.2) is 24.3 Å². The molecular weight excluding hydrogens is 192 g/mol. The van der Waals surface area contributed by atoms with Crippen LogP contribution in [-0.2, 0) is 0 Å². The maximum atomic E-state index is 11.3. The van der Waals surface area contributed by atoms with Gasteiger partial charge in [0.25, 0.3) is 0 Å². The molecule has 0 aliphatic rings. The molecule has 1 N–H and O–H groups in total. The summed E-state index contributed by atoms with van der Waals surface area (Å²) in [7, 11) is -1.36. The van der Waals surface area contributed by atoms with Gasteiger partial charge < -0.3 is 5.11 Å². The number of hydrogen-bond acceptors (Lipinski definition) is 2. The Morgan fingerprint density at radius 2 is 2.00 bits per heavy atom. The standard InChI is InChI=1S/C11H16O2Si/c1-14(2,3)10-6-4-5-9(7-10)11(13)8-12/h4-7,12H,8H2,1-3H3. The van der Waals surface area contributed by atoms with Crippen LogP contribution in [0.3, 0.4) is 0 Å². The first-order valence-corrected chi connectivity index (χ1v) is 8.20. The second-order valence-corrected chi connectivity index (χ2v) is 9.49. The molecule has 0 saturated carbocycles. The van der Waals surface area contributed by atoms with E-state index in [4.69, 9.17) is 5.11 Å². The predicted octanol–water partition coefficient (Wildman–Crippen LogP) is 1.41. The topological polar surface area (TPSA) is 37.3 Å². The van der Waals surface area contributed by atoms with E-state index in [0.717, 1.165) is 0 Å². The van der Waals surface area contributed by atoms with Gasteiger partial charge in [0.15, 0.2) is 5.78 Å². The molecule has 0 radical (unpaired) electrons. The number of rotatable bonds is 3. The third-order valence-electron chi connectivity index (χ3n) is 2.19. The largest absolute Gasteiger partial charge is 0.388 e. The molecule has 1 aromatic rings. The van der Waals surface area contributed by atoms with Crippen molar-refractivity contribution >= 4 is 19.0 Å². The van der Waals surface area contributed by atoms with Gasteiger partial charge in [0.05, 0.1) is 8.07 Å². The number of carbonyl (C=O) groups is 1. The van der Waals surface area contributed by atoms with Crippen molar-refractivity contribution in [2.75, 3.05) is 6.61 Å². The van der Waals surface area contributed by atoms with Gasteiger partial charge in [0.1, 0.15) is 6.61 Å². The minimum absolute atomic E-state index is 0.204. The molecule has 14 heavy (non-hydrogen) atoms. The number of ketones is 1. The second kappa shape index (κ2) is 4.07. The lowest BCUT2D eigenvalue weighted by atomic mass is 10.1. The molecule has 76 valence electrons. The Bertz CT molecular complexity index is 339. The highest BCUT2D eigenvalue weighted by molar-refractivity contribution is 6.88. The molecular formula is C11H16O2Si. The lowest BCUT2D eigenvalue weighted by Gasteiger charge is -2.16. The highest BCUT2D eigenvalue weighted by atomic mass is 28.3. The quantitative estimate of drug-likeness (QED) is 0.602. The lowest BCUT2D eigenvalue weighted by molar-refractivity contribution is 0.0904. The van der Waals surface area contributed by atoms with Crippen LogP contribution in [0.4, 0.5) is 0 Å². The average molecular weight is 208 g/mol. The smallest absolute Gasteiger partial charge is 0.188 e. The normalized spacial score (nSPS) is 11.4. The molecule has 1 aromatic carbocycles. The van der Waals surface area contributed by atoms with E-state index in [0.29, 0.717) is 5.56 Å². The van der Waals surface area contributed by atoms with Gasteiger partial charge in [-0.25, -0.2) is 0 Å². The lowest BCUT2D eigenvalue weighted by Crippen LogP contribution is -2.37. The Balaban J connectivity index is 3.08. The molecule has 0 atom stereocenters. The molecule has 1 rings (SSSR count). The molecule has 0 bridgehead atoms. The SMILES string of the molecule is C[Si](C)(C)c1cccc(C(=O)CO)c1. The number of benzene rings is 1. The van der Waals surface area contributed by atoms with E-state index in [-0.39, 0.29) is 5.78 Å². The molecule has 0 aliphatic carbocycles. The zero-order valence-corrected chi connectivity index (χ0v) is 9.87. The van der Waals surface area contributed by atoms with Gasteiger partial charge in [0.2, 0.25) is 0 Å². The first kappa shape index (κ1) is 11.1. The van der Waals surface area contributed by atoms with Crippen LogP contribution in [0, 0.1) is 0 Å². The molecule has 0 saturated heterocycles. The summed E-state index contributed by atoms with van der Waals surface area (Å²) in [6.45, 7) is 6.29. The average Bonchev–Trinajstić information content (AvgIpc) is 2.15. The Labute approximate surface area is 85.6 Å². The molecule has 0 fully saturated rings. The van der Waals surface area contributed by atoms with Crippen molar-refractivity contribution in [2.24, 2.45) is 0 Å². The van der Waals surface area contributed by atoms with Crippen LogP contribution in [0.5, 0.6) is 0 Å². The number of Topliss-reactive ketones (excluding diaryl/α,β-unsaturated/α-hetero) is 1. The molecule has 0 aromatic heterocycles. The van der Waals surface area contributed by atoms with E-state index in [1.807, 2.05) is 12.1 Å². The van der Waals surface area contributed by atoms with E-state index in [2.05, 4.69) is 25.7 Å². The second-order valence-electron chi connectivity index (χ2n) is 4.41. The summed E-state index contributed by atoms with van der Waals surface area (Å²) in [4.78, 5) is 11.3. The Morgan fingerprint density at radius 1 is 1.36 bits per heavy atom. The zero-order valence-electron chi connectivity index (χ0n) is 8.87. The molecule has 0 aliphatic heterocycles. The van der Waals surface area contributed by atoms with Crippen LogP contribution in [0.25, 0.3) is 0 Å². The van der Waals surface area contributed by atoms with Crippen molar-refractivity contribution in [1.82, 2.24) is 0 Å². The molecule has 2 nitrogen and oxygen atoms in total. The number of aliphatic hydroxyl groups is 1. The first-order valence-electron chi connectivity index (χ1n) is 4.70. The van der Waals surface area contributed by atoms with Crippen molar-refractivity contribution in [3.8, 4) is 0 Å². The molecule has 0 spiro atoms. The van der Waals surface area contributed by atoms with Crippen LogP contribution < -0.4 is 5.19 Å². The third kappa shape index (κ3) is 2.53. The summed E-state index contributed by atoms with van der Waals surface area (Å²) in [5.74, 6) is -0.204. The summed E-state index contributed by atoms with van der Waals surface area (Å²) < 4.78 is 0. The van der Waals surface area contributed by atoms with E-state index in [1.165, 1.54) is 5.19 Å². The third-order valence-corrected chi connectivity index (χ3v) is 4.24. The molecule has 3 heteroatoms. The number of carbonyl (C=O) groups excluding carboxylic acids is 1. The fourth-order valence-corrected chi connectivity index (χ4v) is 2.44. The van der Waals surface area contributed by atoms with E-state index < -0.39 is 14.7 Å². The van der Waals surface area contributed by atoms with E-state index >= 15 is 0 Å². The Hall–Kier alpha value is -0.933. The number of aliphatic hydroxyl groups excluding tert-OH is 1. The predicted molar refractivity (Wildman–Crippen MR) is 60.8 cm³/mol. The van der Waals surface area contributed by atoms with Crippen LogP contribution in [0.1, 0.15) is 10.4 Å². The van der Waals surface area contributed by atoms with Crippen molar-refractivity contribution in [3.63, 3.8) is 0 Å². The monoisotopic (exact) mass is 208 g/mol. The van der Waals surface area contributed by atoms with E-state index in [1.54, 1.807) is 6.07 Å². The summed E-state index contributed by atoms with van der Waals surface area (Å²) in [5, 5.41) is 9.99. The van der Waals surface area contributed by atoms with E-state index in [9.17, 15) is 4.79 Å². The van der Waals surface area contributed by atoms with Crippen molar-refractivity contribution in [3.05, 3.63) is 29.8 Å². The summed E-state index contributed by atoms with van der Waals surface area (Å²) in [5.41, 5.74) is 0.618. The molecule has 0 amide bonds. The maximum absolute atomic E-state index is 11.3. The fourth-order valence-electron chi connectivity index (χ4n) is 1.25. The van der Waals surface area contributed by atoms with Crippen molar-refractivity contribution in [2.45, 2.75) is 19.6 Å². The van der Waals surface area contributed by atoms with Gasteiger partial charge in [-0.1, -0.05) is 49.1 Å². The number of hydrogen-bond donors (Lipinski definition) is 1. The van der Waals surface area contributed by atoms with Gasteiger partial charge in [-0.05, 0) is 0 Å². The maximum Gasteiger partial charge on any atom is 0.188 e. The van der Waals surface area contributed by atoms with Gasteiger partial charge in [-0.3, -0.25) is 4.79 Å². The van der Waals surface area contributed by atoms with Crippen molar-refractivity contribution in [1.29, 1.82) is 0 Å². The molecule has 0 unspecified atom stereocenters. The first-order chi connectivity index (χ1) is 6.45. The van der Waals surface area contributed by atoms with Gasteiger partial charge >= 0.3 is 0 Å². The minimum atomic E-state index is -1.36. The van der Waals surface area contributed by atoms with Gasteiger partial charge in [-0.15, -0.1) is 0 Å². The summed E-state index contributed by atoms with van der Waals surface area (Å²) >= 11 is 0. The van der Waals surface area contributed by atoms with Crippen LogP contribution in [0.2, 0.25) is 19.6 Å². The molecule has 0 heterocycles. The Morgan fingerprint density at radius 3 is 2.50 bits per heavy atom. The minimum Gasteiger partial charge on any atom is -0.388 e. The summed E-state index contributed by atoms with van der Waals surface area (Å²) in [6, 6.07) is 7.60. The highest BCUT2D eigenvalue weighted by Crippen LogP contribution is 2.05. The zero-order chi connectivity index (χ0) is 10.8. The summed E-state index contributed by atoms with van der Waals surface area (Å²) in [6.07, 6.45) is 0.